The zero-order valence-corrected chi connectivity index (χ0v) is 11.9. The van der Waals surface area contributed by atoms with E-state index in [4.69, 9.17) is 0 Å². The quantitative estimate of drug-likeness (QED) is 0.639. The molecule has 0 radical (unpaired) electrons. The van der Waals surface area contributed by atoms with Crippen molar-refractivity contribution >= 4 is 40.9 Å². The van der Waals surface area contributed by atoms with Gasteiger partial charge in [0.1, 0.15) is 0 Å². The molecule has 4 heteroatoms. The van der Waals surface area contributed by atoms with Crippen LogP contribution >= 0.6 is 35.7 Å². The zero-order chi connectivity index (χ0) is 9.35. The maximum absolute atomic E-state index is 4.59. The van der Waals surface area contributed by atoms with Crippen molar-refractivity contribution in [2.24, 2.45) is 4.99 Å². The van der Waals surface area contributed by atoms with Crippen LogP contribution in [0.25, 0.3) is 0 Å². The minimum absolute atomic E-state index is 0. The van der Waals surface area contributed by atoms with Gasteiger partial charge >= 0.3 is 0 Å². The molecule has 0 spiro atoms. The lowest BCUT2D eigenvalue weighted by atomic mass is 10.0. The van der Waals surface area contributed by atoms with Gasteiger partial charge in [-0.3, -0.25) is 4.99 Å². The van der Waals surface area contributed by atoms with Crippen molar-refractivity contribution in [1.29, 1.82) is 0 Å². The van der Waals surface area contributed by atoms with Crippen LogP contribution in [0.4, 0.5) is 0 Å². The zero-order valence-electron chi connectivity index (χ0n) is 8.79. The Morgan fingerprint density at radius 2 is 2.00 bits per heavy atom. The molecule has 0 saturated heterocycles. The maximum Gasteiger partial charge on any atom is 0.163 e. The Labute approximate surface area is 102 Å². The summed E-state index contributed by atoms with van der Waals surface area (Å²) < 4.78 is 0. The molecule has 0 aromatic carbocycles. The molecule has 1 heterocycles. The smallest absolute Gasteiger partial charge is 0.163 e. The van der Waals surface area contributed by atoms with Crippen molar-refractivity contribution in [1.82, 2.24) is 4.90 Å². The molecular weight excluding hydrogens is 295 g/mol. The highest BCUT2D eigenvalue weighted by Gasteiger charge is 2.22. The van der Waals surface area contributed by atoms with E-state index < -0.39 is 0 Å². The number of halogens is 1. The van der Waals surface area contributed by atoms with E-state index in [-0.39, 0.29) is 29.5 Å². The molecule has 0 unspecified atom stereocenters. The van der Waals surface area contributed by atoms with Gasteiger partial charge in [0.25, 0.3) is 0 Å². The number of thioether (sulfide) groups is 1. The van der Waals surface area contributed by atoms with E-state index in [1.807, 2.05) is 0 Å². The van der Waals surface area contributed by atoms with Crippen molar-refractivity contribution in [3.05, 3.63) is 11.8 Å². The number of allylic oxidation sites excluding steroid dienone is 1. The lowest BCUT2D eigenvalue weighted by Gasteiger charge is -2.31. The molecule has 0 amide bonds. The highest BCUT2D eigenvalue weighted by molar-refractivity contribution is 14.0. The van der Waals surface area contributed by atoms with Gasteiger partial charge in [-0.15, -0.1) is 24.0 Å². The summed E-state index contributed by atoms with van der Waals surface area (Å²) in [6, 6.07) is 0. The van der Waals surface area contributed by atoms with E-state index in [9.17, 15) is 0 Å². The number of amidine groups is 1. The summed E-state index contributed by atoms with van der Waals surface area (Å²) in [5, 5.41) is 1.10. The average molecular weight is 312 g/mol. The van der Waals surface area contributed by atoms with Gasteiger partial charge in [-0.2, -0.15) is 0 Å². The van der Waals surface area contributed by atoms with E-state index in [0.717, 1.165) is 5.17 Å². The standard InChI is InChI=1S/C9H16N2S.HI/c1-7-6-9(2,3)10-8(12-5)11(7)4;/h6H,1-5H3;1H. The van der Waals surface area contributed by atoms with Gasteiger partial charge in [0.15, 0.2) is 5.17 Å². The van der Waals surface area contributed by atoms with E-state index in [2.05, 4.69) is 50.0 Å². The molecule has 1 aliphatic heterocycles. The molecule has 0 aromatic rings. The van der Waals surface area contributed by atoms with Crippen molar-refractivity contribution in [2.45, 2.75) is 26.3 Å². The van der Waals surface area contributed by atoms with Crippen LogP contribution in [0.1, 0.15) is 20.8 Å². The monoisotopic (exact) mass is 312 g/mol. The first-order valence-corrected chi connectivity index (χ1v) is 5.26. The third-order valence-corrected chi connectivity index (χ3v) is 2.67. The van der Waals surface area contributed by atoms with Crippen molar-refractivity contribution in [3.8, 4) is 0 Å². The Morgan fingerprint density at radius 1 is 1.46 bits per heavy atom. The molecule has 0 fully saturated rings. The van der Waals surface area contributed by atoms with Crippen molar-refractivity contribution < 1.29 is 0 Å². The van der Waals surface area contributed by atoms with E-state index in [0.29, 0.717) is 0 Å². The van der Waals surface area contributed by atoms with Crippen molar-refractivity contribution in [3.63, 3.8) is 0 Å². The van der Waals surface area contributed by atoms with Crippen LogP contribution in [0.5, 0.6) is 0 Å². The minimum Gasteiger partial charge on any atom is -0.329 e. The molecule has 0 atom stereocenters. The Balaban J connectivity index is 0.00000144. The van der Waals surface area contributed by atoms with Crippen LogP contribution in [-0.4, -0.2) is 28.9 Å². The lowest BCUT2D eigenvalue weighted by Crippen LogP contribution is -2.32. The van der Waals surface area contributed by atoms with Gasteiger partial charge in [0.05, 0.1) is 5.54 Å². The predicted octanol–water partition coefficient (Wildman–Crippen LogP) is 2.95. The minimum atomic E-state index is -0.0328. The third kappa shape index (κ3) is 3.16. The van der Waals surface area contributed by atoms with Gasteiger partial charge < -0.3 is 4.90 Å². The number of nitrogens with zero attached hydrogens (tertiary/aromatic N) is 2. The topological polar surface area (TPSA) is 15.6 Å². The predicted molar refractivity (Wildman–Crippen MR) is 72.0 cm³/mol. The van der Waals surface area contributed by atoms with Crippen LogP contribution in [-0.2, 0) is 0 Å². The Hall–Kier alpha value is 0.290. The summed E-state index contributed by atoms with van der Waals surface area (Å²) in [6.07, 6.45) is 4.25. The van der Waals surface area contributed by atoms with Crippen LogP contribution in [0, 0.1) is 0 Å². The molecule has 1 rings (SSSR count). The SMILES string of the molecule is CSC1=NC(C)(C)C=C(C)N1C.I. The molecule has 0 bridgehead atoms. The molecule has 0 saturated carbocycles. The first-order chi connectivity index (χ1) is 5.46. The Morgan fingerprint density at radius 3 is 2.46 bits per heavy atom. The number of rotatable bonds is 0. The van der Waals surface area contributed by atoms with Crippen molar-refractivity contribution in [2.75, 3.05) is 13.3 Å². The van der Waals surface area contributed by atoms with E-state index >= 15 is 0 Å². The number of hydrogen-bond donors (Lipinski definition) is 0. The highest BCUT2D eigenvalue weighted by atomic mass is 127. The van der Waals surface area contributed by atoms with Gasteiger partial charge in [0.2, 0.25) is 0 Å². The molecule has 76 valence electrons. The van der Waals surface area contributed by atoms with Gasteiger partial charge in [-0.05, 0) is 33.1 Å². The van der Waals surface area contributed by atoms with Crippen LogP contribution < -0.4 is 0 Å². The molecular formula is C9H17IN2S. The van der Waals surface area contributed by atoms with Crippen LogP contribution in [0.15, 0.2) is 16.8 Å². The normalized spacial score (nSPS) is 20.2. The second-order valence-corrected chi connectivity index (χ2v) is 4.37. The lowest BCUT2D eigenvalue weighted by molar-refractivity contribution is 0.544. The summed E-state index contributed by atoms with van der Waals surface area (Å²) in [4.78, 5) is 6.71. The maximum atomic E-state index is 4.59. The fourth-order valence-electron chi connectivity index (χ4n) is 1.30. The molecule has 0 N–H and O–H groups in total. The second-order valence-electron chi connectivity index (χ2n) is 3.60. The first kappa shape index (κ1) is 13.3. The van der Waals surface area contributed by atoms with Crippen LogP contribution in [0.3, 0.4) is 0 Å². The van der Waals surface area contributed by atoms with E-state index in [1.165, 1.54) is 5.70 Å². The van der Waals surface area contributed by atoms with Gasteiger partial charge in [-0.25, -0.2) is 0 Å². The highest BCUT2D eigenvalue weighted by Crippen LogP contribution is 2.24. The number of aliphatic imine (C=N–C) groups is 1. The summed E-state index contributed by atoms with van der Waals surface area (Å²) in [5.74, 6) is 0. The fourth-order valence-corrected chi connectivity index (χ4v) is 2.04. The molecule has 0 aliphatic carbocycles. The Bertz CT molecular complexity index is 246. The first-order valence-electron chi connectivity index (χ1n) is 4.03. The Kier molecular flexibility index (Phi) is 4.79. The van der Waals surface area contributed by atoms with E-state index in [1.54, 1.807) is 11.8 Å². The van der Waals surface area contributed by atoms with Gasteiger partial charge in [-0.1, -0.05) is 11.8 Å². The summed E-state index contributed by atoms with van der Waals surface area (Å²) in [6.45, 7) is 6.37. The summed E-state index contributed by atoms with van der Waals surface area (Å²) in [7, 11) is 2.05. The van der Waals surface area contributed by atoms with Gasteiger partial charge in [0, 0.05) is 12.7 Å². The van der Waals surface area contributed by atoms with Crippen LogP contribution in [0.2, 0.25) is 0 Å². The summed E-state index contributed by atoms with van der Waals surface area (Å²) in [5.41, 5.74) is 1.24. The summed E-state index contributed by atoms with van der Waals surface area (Å²) >= 11 is 1.69. The number of hydrogen-bond acceptors (Lipinski definition) is 3. The molecule has 2 nitrogen and oxygen atoms in total. The average Bonchev–Trinajstić information content (AvgIpc) is 1.96. The molecule has 1 aliphatic rings. The molecule has 13 heavy (non-hydrogen) atoms. The fraction of sp³-hybridized carbons (Fsp3) is 0.667. The largest absolute Gasteiger partial charge is 0.329 e. The second kappa shape index (κ2) is 4.68. The molecule has 0 aromatic heterocycles. The third-order valence-electron chi connectivity index (χ3n) is 1.94.